The molecule has 1 heterocycles. The maximum Gasteiger partial charge on any atom is 0.191 e. The summed E-state index contributed by atoms with van der Waals surface area (Å²) in [6.45, 7) is 11.0. The van der Waals surface area contributed by atoms with Gasteiger partial charge in [-0.15, -0.1) is 6.58 Å². The van der Waals surface area contributed by atoms with E-state index in [1.54, 1.807) is 14.2 Å². The summed E-state index contributed by atoms with van der Waals surface area (Å²) in [5, 5.41) is 6.70. The van der Waals surface area contributed by atoms with Gasteiger partial charge >= 0.3 is 0 Å². The number of rotatable bonds is 9. The number of nitrogens with one attached hydrogen (secondary N) is 2. The van der Waals surface area contributed by atoms with Crippen LogP contribution in [0.3, 0.4) is 0 Å². The highest BCUT2D eigenvalue weighted by molar-refractivity contribution is 5.79. The molecule has 1 unspecified atom stereocenters. The monoisotopic (exact) mass is 375 g/mol. The van der Waals surface area contributed by atoms with E-state index in [1.807, 2.05) is 12.1 Å². The van der Waals surface area contributed by atoms with Gasteiger partial charge in [0.15, 0.2) is 17.5 Å². The van der Waals surface area contributed by atoms with Gasteiger partial charge < -0.3 is 24.8 Å². The Kier molecular flexibility index (Phi) is 7.98. The van der Waals surface area contributed by atoms with Crippen LogP contribution in [0, 0.1) is 0 Å². The summed E-state index contributed by atoms with van der Waals surface area (Å²) < 4.78 is 16.8. The Morgan fingerprint density at radius 2 is 2.15 bits per heavy atom. The summed E-state index contributed by atoms with van der Waals surface area (Å²) in [6.07, 6.45) is 4.76. The molecule has 2 N–H and O–H groups in total. The molecule has 1 aliphatic rings. The van der Waals surface area contributed by atoms with E-state index in [-0.39, 0.29) is 5.60 Å². The van der Waals surface area contributed by atoms with E-state index in [1.165, 1.54) is 0 Å². The molecule has 0 amide bonds. The van der Waals surface area contributed by atoms with Crippen LogP contribution in [-0.4, -0.2) is 45.5 Å². The van der Waals surface area contributed by atoms with Gasteiger partial charge in [0.25, 0.3) is 0 Å². The van der Waals surface area contributed by atoms with Crippen LogP contribution in [-0.2, 0) is 17.7 Å². The van der Waals surface area contributed by atoms with Crippen LogP contribution >= 0.6 is 0 Å². The van der Waals surface area contributed by atoms with Crippen LogP contribution in [0.1, 0.15) is 37.8 Å². The molecule has 27 heavy (non-hydrogen) atoms. The fraction of sp³-hybridized carbons (Fsp3) is 0.571. The van der Waals surface area contributed by atoms with Crippen LogP contribution < -0.4 is 20.1 Å². The van der Waals surface area contributed by atoms with Gasteiger partial charge in [0.2, 0.25) is 0 Å². The maximum atomic E-state index is 5.85. The first-order valence-corrected chi connectivity index (χ1v) is 9.56. The molecule has 1 aromatic rings. The van der Waals surface area contributed by atoms with Gasteiger partial charge in [0.05, 0.1) is 26.4 Å². The molecule has 1 aliphatic heterocycles. The van der Waals surface area contributed by atoms with Crippen molar-refractivity contribution in [2.75, 3.05) is 33.9 Å². The summed E-state index contributed by atoms with van der Waals surface area (Å²) in [5.41, 5.74) is 1.99. The predicted molar refractivity (Wildman–Crippen MR) is 110 cm³/mol. The van der Waals surface area contributed by atoms with Crippen molar-refractivity contribution in [2.45, 2.75) is 45.3 Å². The molecule has 0 spiro atoms. The highest BCUT2D eigenvalue weighted by Gasteiger charge is 2.29. The minimum Gasteiger partial charge on any atom is -0.493 e. The third kappa shape index (κ3) is 5.89. The molecule has 2 rings (SSSR count). The summed E-state index contributed by atoms with van der Waals surface area (Å²) in [5.74, 6) is 2.25. The second-order valence-electron chi connectivity index (χ2n) is 6.93. The first kappa shape index (κ1) is 21.1. The molecule has 150 valence electrons. The Labute approximate surface area is 163 Å². The number of allylic oxidation sites excluding steroid dienone is 1. The molecule has 1 atom stereocenters. The van der Waals surface area contributed by atoms with Gasteiger partial charge in [0.1, 0.15) is 0 Å². The van der Waals surface area contributed by atoms with Crippen LogP contribution in [0.4, 0.5) is 0 Å². The average molecular weight is 376 g/mol. The normalized spacial score (nSPS) is 19.6. The Morgan fingerprint density at radius 1 is 1.33 bits per heavy atom. The van der Waals surface area contributed by atoms with E-state index < -0.39 is 0 Å². The van der Waals surface area contributed by atoms with Gasteiger partial charge in [-0.3, -0.25) is 0 Å². The van der Waals surface area contributed by atoms with E-state index in [0.717, 1.165) is 55.4 Å². The van der Waals surface area contributed by atoms with Gasteiger partial charge in [0, 0.05) is 25.3 Å². The van der Waals surface area contributed by atoms with Gasteiger partial charge in [-0.1, -0.05) is 6.08 Å². The lowest BCUT2D eigenvalue weighted by Crippen LogP contribution is -2.45. The van der Waals surface area contributed by atoms with Crippen LogP contribution in [0.2, 0.25) is 0 Å². The smallest absolute Gasteiger partial charge is 0.191 e. The molecule has 1 aromatic carbocycles. The molecule has 6 nitrogen and oxygen atoms in total. The number of methoxy groups -OCH3 is 2. The van der Waals surface area contributed by atoms with Crippen LogP contribution in [0.5, 0.6) is 11.5 Å². The zero-order valence-corrected chi connectivity index (χ0v) is 17.1. The third-order valence-electron chi connectivity index (χ3n) is 4.67. The fourth-order valence-electron chi connectivity index (χ4n) is 3.26. The molecule has 0 bridgehead atoms. The molecular weight excluding hydrogens is 342 g/mol. The van der Waals surface area contributed by atoms with E-state index >= 15 is 0 Å². The Bertz CT molecular complexity index is 652. The molecular formula is C21H33N3O3. The lowest BCUT2D eigenvalue weighted by molar-refractivity contribution is 0.0243. The maximum absolute atomic E-state index is 5.85. The molecule has 0 aromatic heterocycles. The first-order valence-electron chi connectivity index (χ1n) is 9.56. The number of hydrogen-bond acceptors (Lipinski definition) is 4. The van der Waals surface area contributed by atoms with Gasteiger partial charge in [-0.25, -0.2) is 4.99 Å². The van der Waals surface area contributed by atoms with E-state index in [2.05, 4.69) is 37.1 Å². The molecule has 0 radical (unpaired) electrons. The molecule has 6 heteroatoms. The van der Waals surface area contributed by atoms with Gasteiger partial charge in [-0.05, 0) is 50.8 Å². The van der Waals surface area contributed by atoms with Crippen molar-refractivity contribution in [3.05, 3.63) is 35.9 Å². The highest BCUT2D eigenvalue weighted by atomic mass is 16.5. The Hall–Kier alpha value is -2.21. The summed E-state index contributed by atoms with van der Waals surface area (Å²) in [6, 6.07) is 4.07. The number of nitrogens with zero attached hydrogens (tertiary/aromatic N) is 1. The standard InChI is InChI=1S/C21H33N3O3/c1-6-9-17-12-16(13-18(25-4)19(17)26-5)14-23-20(22-7-2)24-15-21(3)10-8-11-27-21/h6,12-13H,1,7-11,14-15H2,2-5H3,(H2,22,23,24). The van der Waals surface area contributed by atoms with E-state index in [4.69, 9.17) is 19.2 Å². The summed E-state index contributed by atoms with van der Waals surface area (Å²) >= 11 is 0. The second kappa shape index (κ2) is 10.2. The largest absolute Gasteiger partial charge is 0.493 e. The number of aliphatic imine (C=N–C) groups is 1. The number of ether oxygens (including phenoxy) is 3. The molecule has 0 aliphatic carbocycles. The molecule has 0 saturated carbocycles. The third-order valence-corrected chi connectivity index (χ3v) is 4.67. The number of benzene rings is 1. The molecule has 1 fully saturated rings. The fourth-order valence-corrected chi connectivity index (χ4v) is 3.26. The SMILES string of the molecule is C=CCc1cc(CN=C(NCC)NCC2(C)CCCO2)cc(OC)c1OC. The second-order valence-corrected chi connectivity index (χ2v) is 6.93. The van der Waals surface area contributed by atoms with Crippen LogP contribution in [0.15, 0.2) is 29.8 Å². The zero-order chi connectivity index (χ0) is 19.7. The van der Waals surface area contributed by atoms with Crippen molar-refractivity contribution in [2.24, 2.45) is 4.99 Å². The topological polar surface area (TPSA) is 64.1 Å². The van der Waals surface area contributed by atoms with Crippen molar-refractivity contribution < 1.29 is 14.2 Å². The van der Waals surface area contributed by atoms with Crippen molar-refractivity contribution in [3.63, 3.8) is 0 Å². The minimum absolute atomic E-state index is 0.114. The lowest BCUT2D eigenvalue weighted by atomic mass is 10.0. The summed E-state index contributed by atoms with van der Waals surface area (Å²) in [7, 11) is 3.30. The Morgan fingerprint density at radius 3 is 2.74 bits per heavy atom. The van der Waals surface area contributed by atoms with Crippen LogP contribution in [0.25, 0.3) is 0 Å². The summed E-state index contributed by atoms with van der Waals surface area (Å²) in [4.78, 5) is 4.72. The molecule has 1 saturated heterocycles. The van der Waals surface area contributed by atoms with Crippen molar-refractivity contribution in [1.82, 2.24) is 10.6 Å². The van der Waals surface area contributed by atoms with Crippen molar-refractivity contribution in [1.29, 1.82) is 0 Å². The van der Waals surface area contributed by atoms with E-state index in [0.29, 0.717) is 18.7 Å². The zero-order valence-electron chi connectivity index (χ0n) is 17.1. The highest BCUT2D eigenvalue weighted by Crippen LogP contribution is 2.33. The minimum atomic E-state index is -0.114. The number of hydrogen-bond donors (Lipinski definition) is 2. The van der Waals surface area contributed by atoms with Crippen molar-refractivity contribution in [3.8, 4) is 11.5 Å². The Balaban J connectivity index is 2.13. The van der Waals surface area contributed by atoms with E-state index in [9.17, 15) is 0 Å². The van der Waals surface area contributed by atoms with Crippen molar-refractivity contribution >= 4 is 5.96 Å². The number of guanidine groups is 1. The first-order chi connectivity index (χ1) is 13.0. The van der Waals surface area contributed by atoms with Gasteiger partial charge in [-0.2, -0.15) is 0 Å². The average Bonchev–Trinajstić information content (AvgIpc) is 3.10. The lowest BCUT2D eigenvalue weighted by Gasteiger charge is -2.24. The quantitative estimate of drug-likeness (QED) is 0.395. The predicted octanol–water partition coefficient (Wildman–Crippen LogP) is 3.06.